The van der Waals surface area contributed by atoms with Crippen molar-refractivity contribution in [3.63, 3.8) is 0 Å². The summed E-state index contributed by atoms with van der Waals surface area (Å²) in [6, 6.07) is 1.37. The van der Waals surface area contributed by atoms with E-state index in [-0.39, 0.29) is 11.3 Å². The molecule has 0 amide bonds. The summed E-state index contributed by atoms with van der Waals surface area (Å²) in [7, 11) is 1.24. The first-order valence-electron chi connectivity index (χ1n) is 3.63. The summed E-state index contributed by atoms with van der Waals surface area (Å²) < 4.78 is 17.8. The Labute approximate surface area is 74.8 Å². The number of benzene rings is 1. The van der Waals surface area contributed by atoms with Crippen molar-refractivity contribution >= 4 is 6.29 Å². The van der Waals surface area contributed by atoms with Gasteiger partial charge in [0.05, 0.1) is 12.7 Å². The first-order valence-corrected chi connectivity index (χ1v) is 3.63. The van der Waals surface area contributed by atoms with Crippen molar-refractivity contribution in [2.75, 3.05) is 7.11 Å². The number of phenolic OH excluding ortho intramolecular Hbond substituents is 1. The van der Waals surface area contributed by atoms with Crippen LogP contribution in [0.1, 0.15) is 15.9 Å². The van der Waals surface area contributed by atoms with E-state index in [4.69, 9.17) is 5.11 Å². The van der Waals surface area contributed by atoms with Gasteiger partial charge in [-0.25, -0.2) is 0 Å². The highest BCUT2D eigenvalue weighted by Crippen LogP contribution is 2.31. The summed E-state index contributed by atoms with van der Waals surface area (Å²) in [4.78, 5) is 10.5. The number of carbonyl (C=O) groups is 1. The third kappa shape index (κ3) is 1.47. The zero-order valence-corrected chi connectivity index (χ0v) is 7.30. The molecule has 1 aromatic carbocycles. The van der Waals surface area contributed by atoms with Gasteiger partial charge in [0.15, 0.2) is 17.8 Å². The Balaban J connectivity index is 3.47. The molecular weight excluding hydrogens is 175 g/mol. The average molecular weight is 184 g/mol. The van der Waals surface area contributed by atoms with Crippen LogP contribution in [0.4, 0.5) is 4.39 Å². The zero-order valence-electron chi connectivity index (χ0n) is 7.30. The normalized spacial score (nSPS) is 9.77. The average Bonchev–Trinajstić information content (AvgIpc) is 2.13. The van der Waals surface area contributed by atoms with Gasteiger partial charge in [0, 0.05) is 0 Å². The largest absolute Gasteiger partial charge is 0.505 e. The molecular formula is C9H9FO3. The van der Waals surface area contributed by atoms with Crippen molar-refractivity contribution in [3.8, 4) is 11.5 Å². The number of hydrogen-bond acceptors (Lipinski definition) is 3. The van der Waals surface area contributed by atoms with Gasteiger partial charge in [-0.05, 0) is 18.6 Å². The van der Waals surface area contributed by atoms with Gasteiger partial charge in [0.2, 0.25) is 5.82 Å². The number of methoxy groups -OCH3 is 1. The predicted molar refractivity (Wildman–Crippen MR) is 44.7 cm³/mol. The molecule has 1 N–H and O–H groups in total. The van der Waals surface area contributed by atoms with E-state index in [9.17, 15) is 9.18 Å². The van der Waals surface area contributed by atoms with Gasteiger partial charge in [-0.2, -0.15) is 4.39 Å². The van der Waals surface area contributed by atoms with Gasteiger partial charge >= 0.3 is 0 Å². The minimum Gasteiger partial charge on any atom is -0.505 e. The van der Waals surface area contributed by atoms with Crippen molar-refractivity contribution in [2.24, 2.45) is 0 Å². The topological polar surface area (TPSA) is 46.5 Å². The Kier molecular flexibility index (Phi) is 2.51. The molecule has 0 aliphatic carbocycles. The minimum atomic E-state index is -0.899. The van der Waals surface area contributed by atoms with E-state index in [0.29, 0.717) is 11.8 Å². The zero-order chi connectivity index (χ0) is 10.0. The fraction of sp³-hybridized carbons (Fsp3) is 0.222. The summed E-state index contributed by atoms with van der Waals surface area (Å²) in [5.41, 5.74) is 0.399. The quantitative estimate of drug-likeness (QED) is 0.711. The van der Waals surface area contributed by atoms with Gasteiger partial charge in [0.25, 0.3) is 0 Å². The van der Waals surface area contributed by atoms with Crippen LogP contribution < -0.4 is 4.74 Å². The number of aldehydes is 1. The van der Waals surface area contributed by atoms with Gasteiger partial charge < -0.3 is 9.84 Å². The van der Waals surface area contributed by atoms with Gasteiger partial charge in [0.1, 0.15) is 0 Å². The monoisotopic (exact) mass is 184 g/mol. The maximum atomic E-state index is 13.2. The lowest BCUT2D eigenvalue weighted by molar-refractivity contribution is 0.111. The number of carbonyl (C=O) groups excluding carboxylic acids is 1. The van der Waals surface area contributed by atoms with Crippen molar-refractivity contribution in [2.45, 2.75) is 6.92 Å². The standard InChI is InChI=1S/C9H9FO3/c1-5-3-6(4-11)9(13-2)7(10)8(5)12/h3-4,12H,1-2H3. The molecule has 1 rings (SSSR count). The van der Waals surface area contributed by atoms with Crippen LogP contribution >= 0.6 is 0 Å². The highest BCUT2D eigenvalue weighted by Gasteiger charge is 2.15. The van der Waals surface area contributed by atoms with E-state index < -0.39 is 11.6 Å². The highest BCUT2D eigenvalue weighted by atomic mass is 19.1. The highest BCUT2D eigenvalue weighted by molar-refractivity contribution is 5.80. The van der Waals surface area contributed by atoms with E-state index in [1.807, 2.05) is 0 Å². The van der Waals surface area contributed by atoms with E-state index >= 15 is 0 Å². The van der Waals surface area contributed by atoms with Crippen LogP contribution in [0.25, 0.3) is 0 Å². The summed E-state index contributed by atoms with van der Waals surface area (Å²) >= 11 is 0. The number of aryl methyl sites for hydroxylation is 1. The van der Waals surface area contributed by atoms with Gasteiger partial charge in [-0.1, -0.05) is 0 Å². The first kappa shape index (κ1) is 9.51. The van der Waals surface area contributed by atoms with Crippen molar-refractivity contribution < 1.29 is 19.0 Å². The molecule has 0 radical (unpaired) electrons. The lowest BCUT2D eigenvalue weighted by atomic mass is 10.1. The lowest BCUT2D eigenvalue weighted by Gasteiger charge is -2.08. The molecule has 4 heteroatoms. The van der Waals surface area contributed by atoms with Gasteiger partial charge in [-0.15, -0.1) is 0 Å². The van der Waals surface area contributed by atoms with Crippen LogP contribution in [0.15, 0.2) is 6.07 Å². The molecule has 0 unspecified atom stereocenters. The summed E-state index contributed by atoms with van der Waals surface area (Å²) in [6.07, 6.45) is 0.481. The minimum absolute atomic E-state index is 0.0929. The van der Waals surface area contributed by atoms with E-state index in [2.05, 4.69) is 4.74 Å². The number of hydrogen-bond donors (Lipinski definition) is 1. The van der Waals surface area contributed by atoms with Crippen LogP contribution in [0, 0.1) is 12.7 Å². The Morgan fingerprint density at radius 2 is 2.23 bits per heavy atom. The SMILES string of the molecule is COc1c(C=O)cc(C)c(O)c1F. The molecule has 0 aliphatic heterocycles. The number of rotatable bonds is 2. The Bertz CT molecular complexity index is 347. The fourth-order valence-electron chi connectivity index (χ4n) is 1.07. The molecule has 0 aromatic heterocycles. The first-order chi connectivity index (χ1) is 6.11. The smallest absolute Gasteiger partial charge is 0.207 e. The molecule has 13 heavy (non-hydrogen) atoms. The number of aromatic hydroxyl groups is 1. The second kappa shape index (κ2) is 3.43. The number of ether oxygens (including phenoxy) is 1. The molecule has 0 aliphatic rings. The van der Waals surface area contributed by atoms with Crippen molar-refractivity contribution in [1.29, 1.82) is 0 Å². The van der Waals surface area contributed by atoms with Crippen molar-refractivity contribution in [1.82, 2.24) is 0 Å². The molecule has 70 valence electrons. The number of halogens is 1. The maximum absolute atomic E-state index is 13.2. The second-order valence-electron chi connectivity index (χ2n) is 2.60. The molecule has 0 atom stereocenters. The maximum Gasteiger partial charge on any atom is 0.207 e. The van der Waals surface area contributed by atoms with E-state index in [0.717, 1.165) is 0 Å². The van der Waals surface area contributed by atoms with Crippen LogP contribution in [0.5, 0.6) is 11.5 Å². The van der Waals surface area contributed by atoms with Crippen LogP contribution in [-0.4, -0.2) is 18.5 Å². The molecule has 0 saturated heterocycles. The van der Waals surface area contributed by atoms with Gasteiger partial charge in [-0.3, -0.25) is 4.79 Å². The van der Waals surface area contributed by atoms with E-state index in [1.54, 1.807) is 0 Å². The van der Waals surface area contributed by atoms with Crippen LogP contribution in [0.3, 0.4) is 0 Å². The van der Waals surface area contributed by atoms with Crippen molar-refractivity contribution in [3.05, 3.63) is 23.0 Å². The third-order valence-corrected chi connectivity index (χ3v) is 1.75. The molecule has 0 heterocycles. The van der Waals surface area contributed by atoms with E-state index in [1.165, 1.54) is 20.1 Å². The predicted octanol–water partition coefficient (Wildman–Crippen LogP) is 1.66. The number of phenols is 1. The Morgan fingerprint density at radius 1 is 1.62 bits per heavy atom. The molecule has 0 spiro atoms. The molecule has 0 fully saturated rings. The van der Waals surface area contributed by atoms with Crippen LogP contribution in [-0.2, 0) is 0 Å². The summed E-state index contributed by atoms with van der Waals surface area (Å²) in [6.45, 7) is 1.50. The second-order valence-corrected chi connectivity index (χ2v) is 2.60. The Morgan fingerprint density at radius 3 is 2.69 bits per heavy atom. The summed E-state index contributed by atoms with van der Waals surface area (Å²) in [5.74, 6) is -1.61. The molecule has 0 bridgehead atoms. The molecule has 3 nitrogen and oxygen atoms in total. The van der Waals surface area contributed by atoms with Crippen LogP contribution in [0.2, 0.25) is 0 Å². The fourth-order valence-corrected chi connectivity index (χ4v) is 1.07. The molecule has 1 aromatic rings. The lowest BCUT2D eigenvalue weighted by Crippen LogP contribution is -1.96. The third-order valence-electron chi connectivity index (χ3n) is 1.75. The Hall–Kier alpha value is -1.58. The summed E-state index contributed by atoms with van der Waals surface area (Å²) in [5, 5.41) is 9.17. The molecule has 0 saturated carbocycles.